The van der Waals surface area contributed by atoms with Gasteiger partial charge >= 0.3 is 5.69 Å². The van der Waals surface area contributed by atoms with Crippen LogP contribution in [0.3, 0.4) is 0 Å². The zero-order valence-corrected chi connectivity index (χ0v) is 11.1. The molecule has 1 aromatic carbocycles. The predicted molar refractivity (Wildman–Crippen MR) is 70.8 cm³/mol. The van der Waals surface area contributed by atoms with Gasteiger partial charge in [0.05, 0.1) is 12.0 Å². The second-order valence-corrected chi connectivity index (χ2v) is 4.41. The zero-order chi connectivity index (χ0) is 13.5. The van der Waals surface area contributed by atoms with Gasteiger partial charge in [-0.05, 0) is 24.1 Å². The highest BCUT2D eigenvalue weighted by molar-refractivity contribution is 5.48. The van der Waals surface area contributed by atoms with Crippen molar-refractivity contribution in [2.24, 2.45) is 5.92 Å². The number of nitrogens with zero attached hydrogens (tertiary/aromatic N) is 1. The molecule has 1 atom stereocenters. The molecular formula is C13H20N2O3. The second-order valence-electron chi connectivity index (χ2n) is 4.41. The number of nitrogens with one attached hydrogen (secondary N) is 1. The summed E-state index contributed by atoms with van der Waals surface area (Å²) in [6.45, 7) is 5.86. The maximum absolute atomic E-state index is 10.9. The van der Waals surface area contributed by atoms with Crippen LogP contribution in [0.15, 0.2) is 18.2 Å². The van der Waals surface area contributed by atoms with Gasteiger partial charge in [-0.1, -0.05) is 26.3 Å². The van der Waals surface area contributed by atoms with Crippen LogP contribution in [-0.4, -0.2) is 18.6 Å². The molecule has 0 aliphatic carbocycles. The molecule has 1 N–H and O–H groups in total. The SMILES string of the molecule is CCC(C)CNCc1ccc(OC)c([N+](=O)[O-])c1. The van der Waals surface area contributed by atoms with Crippen molar-refractivity contribution in [3.05, 3.63) is 33.9 Å². The second kappa shape index (κ2) is 6.96. The van der Waals surface area contributed by atoms with Gasteiger partial charge in [-0.25, -0.2) is 0 Å². The predicted octanol–water partition coefficient (Wildman–Crippen LogP) is 2.74. The van der Waals surface area contributed by atoms with E-state index in [1.807, 2.05) is 6.07 Å². The first-order valence-corrected chi connectivity index (χ1v) is 6.10. The lowest BCUT2D eigenvalue weighted by Crippen LogP contribution is -2.20. The minimum absolute atomic E-state index is 0.0142. The highest BCUT2D eigenvalue weighted by Crippen LogP contribution is 2.27. The van der Waals surface area contributed by atoms with E-state index >= 15 is 0 Å². The minimum Gasteiger partial charge on any atom is -0.490 e. The van der Waals surface area contributed by atoms with Crippen molar-refractivity contribution in [1.29, 1.82) is 0 Å². The third kappa shape index (κ3) is 4.00. The van der Waals surface area contributed by atoms with Crippen molar-refractivity contribution in [2.45, 2.75) is 26.8 Å². The van der Waals surface area contributed by atoms with Crippen LogP contribution < -0.4 is 10.1 Å². The Hall–Kier alpha value is -1.62. The first-order valence-electron chi connectivity index (χ1n) is 6.10. The van der Waals surface area contributed by atoms with Gasteiger partial charge in [0.15, 0.2) is 5.75 Å². The average molecular weight is 252 g/mol. The Bertz CT molecular complexity index is 407. The summed E-state index contributed by atoms with van der Waals surface area (Å²) in [6, 6.07) is 5.04. The Morgan fingerprint density at radius 1 is 1.50 bits per heavy atom. The van der Waals surface area contributed by atoms with E-state index in [0.29, 0.717) is 18.2 Å². The molecule has 0 saturated carbocycles. The van der Waals surface area contributed by atoms with Crippen LogP contribution in [0.2, 0.25) is 0 Å². The number of ether oxygens (including phenoxy) is 1. The molecule has 1 unspecified atom stereocenters. The fraction of sp³-hybridized carbons (Fsp3) is 0.538. The van der Waals surface area contributed by atoms with E-state index in [1.54, 1.807) is 12.1 Å². The molecule has 0 heterocycles. The summed E-state index contributed by atoms with van der Waals surface area (Å²) in [5.41, 5.74) is 0.908. The molecule has 1 rings (SSSR count). The first-order chi connectivity index (χ1) is 8.58. The van der Waals surface area contributed by atoms with Crippen molar-refractivity contribution >= 4 is 5.69 Å². The van der Waals surface area contributed by atoms with Crippen LogP contribution in [0.1, 0.15) is 25.8 Å². The topological polar surface area (TPSA) is 64.4 Å². The van der Waals surface area contributed by atoms with Crippen LogP contribution in [0.25, 0.3) is 0 Å². The molecule has 0 bridgehead atoms. The lowest BCUT2D eigenvalue weighted by Gasteiger charge is -2.10. The molecule has 1 aromatic rings. The van der Waals surface area contributed by atoms with E-state index in [9.17, 15) is 10.1 Å². The van der Waals surface area contributed by atoms with Gasteiger partial charge in [-0.2, -0.15) is 0 Å². The largest absolute Gasteiger partial charge is 0.490 e. The summed E-state index contributed by atoms with van der Waals surface area (Å²) in [6.07, 6.45) is 1.12. The highest BCUT2D eigenvalue weighted by atomic mass is 16.6. The molecule has 0 aromatic heterocycles. The van der Waals surface area contributed by atoms with Crippen LogP contribution in [-0.2, 0) is 6.54 Å². The van der Waals surface area contributed by atoms with E-state index < -0.39 is 4.92 Å². The van der Waals surface area contributed by atoms with Gasteiger partial charge < -0.3 is 10.1 Å². The number of rotatable bonds is 7. The van der Waals surface area contributed by atoms with Gasteiger partial charge in [-0.15, -0.1) is 0 Å². The molecule has 5 nitrogen and oxygen atoms in total. The average Bonchev–Trinajstić information content (AvgIpc) is 2.38. The van der Waals surface area contributed by atoms with E-state index in [1.165, 1.54) is 7.11 Å². The molecule has 0 radical (unpaired) electrons. The smallest absolute Gasteiger partial charge is 0.311 e. The molecule has 100 valence electrons. The van der Waals surface area contributed by atoms with Gasteiger partial charge in [0.2, 0.25) is 0 Å². The molecule has 0 fully saturated rings. The zero-order valence-electron chi connectivity index (χ0n) is 11.1. The summed E-state index contributed by atoms with van der Waals surface area (Å²) in [5.74, 6) is 0.906. The quantitative estimate of drug-likeness (QED) is 0.598. The van der Waals surface area contributed by atoms with Crippen LogP contribution >= 0.6 is 0 Å². The fourth-order valence-electron chi connectivity index (χ4n) is 1.60. The molecular weight excluding hydrogens is 232 g/mol. The number of nitro benzene ring substituents is 1. The number of hydrogen-bond donors (Lipinski definition) is 1. The van der Waals surface area contributed by atoms with Gasteiger partial charge in [0.1, 0.15) is 0 Å². The molecule has 0 amide bonds. The monoisotopic (exact) mass is 252 g/mol. The van der Waals surface area contributed by atoms with Crippen molar-refractivity contribution in [3.8, 4) is 5.75 Å². The molecule has 18 heavy (non-hydrogen) atoms. The number of hydrogen-bond acceptors (Lipinski definition) is 4. The molecule has 0 aliphatic heterocycles. The Kier molecular flexibility index (Phi) is 5.58. The van der Waals surface area contributed by atoms with E-state index in [-0.39, 0.29) is 5.69 Å². The molecule has 0 spiro atoms. The normalized spacial score (nSPS) is 12.2. The third-order valence-corrected chi connectivity index (χ3v) is 2.96. The number of nitro groups is 1. The Balaban J connectivity index is 2.67. The van der Waals surface area contributed by atoms with E-state index in [2.05, 4.69) is 19.2 Å². The van der Waals surface area contributed by atoms with E-state index in [0.717, 1.165) is 18.5 Å². The first kappa shape index (κ1) is 14.4. The Labute approximate surface area is 107 Å². The number of benzene rings is 1. The summed E-state index contributed by atoms with van der Waals surface area (Å²) >= 11 is 0. The van der Waals surface area contributed by atoms with Crippen molar-refractivity contribution in [3.63, 3.8) is 0 Å². The highest BCUT2D eigenvalue weighted by Gasteiger charge is 2.14. The molecule has 0 aliphatic rings. The summed E-state index contributed by atoms with van der Waals surface area (Å²) in [5, 5.41) is 14.2. The van der Waals surface area contributed by atoms with Crippen molar-refractivity contribution in [2.75, 3.05) is 13.7 Å². The molecule has 0 saturated heterocycles. The maximum Gasteiger partial charge on any atom is 0.311 e. The summed E-state index contributed by atoms with van der Waals surface area (Å²) in [4.78, 5) is 10.4. The summed E-state index contributed by atoms with van der Waals surface area (Å²) < 4.78 is 4.96. The number of methoxy groups -OCH3 is 1. The molecule has 5 heteroatoms. The third-order valence-electron chi connectivity index (χ3n) is 2.96. The van der Waals surface area contributed by atoms with Crippen LogP contribution in [0.5, 0.6) is 5.75 Å². The van der Waals surface area contributed by atoms with Gasteiger partial charge in [0.25, 0.3) is 0 Å². The lowest BCUT2D eigenvalue weighted by atomic mass is 10.1. The van der Waals surface area contributed by atoms with Crippen molar-refractivity contribution < 1.29 is 9.66 Å². The van der Waals surface area contributed by atoms with E-state index in [4.69, 9.17) is 4.74 Å². The fourth-order valence-corrected chi connectivity index (χ4v) is 1.60. The van der Waals surface area contributed by atoms with Crippen LogP contribution in [0.4, 0.5) is 5.69 Å². The van der Waals surface area contributed by atoms with Crippen LogP contribution in [0, 0.1) is 16.0 Å². The maximum atomic E-state index is 10.9. The Morgan fingerprint density at radius 3 is 2.78 bits per heavy atom. The lowest BCUT2D eigenvalue weighted by molar-refractivity contribution is -0.385. The summed E-state index contributed by atoms with van der Waals surface area (Å²) in [7, 11) is 1.43. The Morgan fingerprint density at radius 2 is 2.22 bits per heavy atom. The van der Waals surface area contributed by atoms with Gasteiger partial charge in [-0.3, -0.25) is 10.1 Å². The standard InChI is InChI=1S/C13H20N2O3/c1-4-10(2)8-14-9-11-5-6-13(18-3)12(7-11)15(16)17/h5-7,10,14H,4,8-9H2,1-3H3. The van der Waals surface area contributed by atoms with Gasteiger partial charge in [0, 0.05) is 12.6 Å². The van der Waals surface area contributed by atoms with Crippen molar-refractivity contribution in [1.82, 2.24) is 5.32 Å². The minimum atomic E-state index is -0.420.